The van der Waals surface area contributed by atoms with Crippen LogP contribution in [0.5, 0.6) is 11.5 Å². The second-order valence-corrected chi connectivity index (χ2v) is 4.38. The van der Waals surface area contributed by atoms with Crippen molar-refractivity contribution in [2.24, 2.45) is 5.73 Å². The molecule has 0 radical (unpaired) electrons. The van der Waals surface area contributed by atoms with Crippen LogP contribution in [0.1, 0.15) is 12.5 Å². The largest absolute Gasteiger partial charge is 0.497 e. The first-order valence-electron chi connectivity index (χ1n) is 6.25. The smallest absolute Gasteiger partial charge is 0.258 e. The summed E-state index contributed by atoms with van der Waals surface area (Å²) in [5, 5.41) is 10.8. The molecule has 0 fully saturated rings. The number of carbonyl (C=O) groups excluding carboxylic acids is 1. The van der Waals surface area contributed by atoms with E-state index in [2.05, 4.69) is 5.32 Å². The van der Waals surface area contributed by atoms with Crippen LogP contribution in [-0.4, -0.2) is 32.2 Å². The number of methoxy groups -OCH3 is 1. The number of amides is 1. The number of nitrogens with one attached hydrogen (secondary N) is 1. The second-order valence-electron chi connectivity index (χ2n) is 4.38. The van der Waals surface area contributed by atoms with Crippen molar-refractivity contribution in [1.29, 1.82) is 5.26 Å². The molecule has 6 heteroatoms. The highest BCUT2D eigenvalue weighted by Crippen LogP contribution is 2.25. The predicted molar refractivity (Wildman–Crippen MR) is 74.5 cm³/mol. The van der Waals surface area contributed by atoms with E-state index in [0.29, 0.717) is 17.9 Å². The fraction of sp³-hybridized carbons (Fsp3) is 0.429. The van der Waals surface area contributed by atoms with E-state index in [4.69, 9.17) is 20.5 Å². The summed E-state index contributed by atoms with van der Waals surface area (Å²) in [5.74, 6) is 0.862. The molecule has 0 aliphatic carbocycles. The van der Waals surface area contributed by atoms with Crippen molar-refractivity contribution in [1.82, 2.24) is 5.32 Å². The lowest BCUT2D eigenvalue weighted by molar-refractivity contribution is -0.122. The van der Waals surface area contributed by atoms with E-state index in [9.17, 15) is 4.79 Å². The predicted octanol–water partition coefficient (Wildman–Crippen LogP) is 0.603. The standard InChI is InChI=1S/C14H19N3O3/c1-10(16)7-11-3-4-12(19-2)8-13(11)20-9-14(18)17-6-5-15/h3-4,8,10H,6-7,9,16H2,1-2H3,(H,17,18). The first kappa shape index (κ1) is 15.8. The van der Waals surface area contributed by atoms with Gasteiger partial charge in [0.05, 0.1) is 13.2 Å². The SMILES string of the molecule is COc1ccc(CC(C)N)c(OCC(=O)NCC#N)c1. The molecule has 0 saturated carbocycles. The Morgan fingerprint density at radius 1 is 1.55 bits per heavy atom. The molecule has 1 aromatic carbocycles. The summed E-state index contributed by atoms with van der Waals surface area (Å²) in [5.41, 5.74) is 6.69. The van der Waals surface area contributed by atoms with Gasteiger partial charge in [-0.05, 0) is 25.0 Å². The van der Waals surface area contributed by atoms with Crippen LogP contribution in [0.25, 0.3) is 0 Å². The van der Waals surface area contributed by atoms with Crippen molar-refractivity contribution in [3.05, 3.63) is 23.8 Å². The normalized spacial score (nSPS) is 11.3. The van der Waals surface area contributed by atoms with Crippen molar-refractivity contribution in [2.45, 2.75) is 19.4 Å². The van der Waals surface area contributed by atoms with Gasteiger partial charge < -0.3 is 20.5 Å². The van der Waals surface area contributed by atoms with Crippen molar-refractivity contribution in [3.63, 3.8) is 0 Å². The molecule has 1 aromatic rings. The van der Waals surface area contributed by atoms with Crippen LogP contribution >= 0.6 is 0 Å². The molecular weight excluding hydrogens is 258 g/mol. The Hall–Kier alpha value is -2.26. The van der Waals surface area contributed by atoms with Gasteiger partial charge in [0.1, 0.15) is 18.0 Å². The molecule has 0 aromatic heterocycles. The summed E-state index contributed by atoms with van der Waals surface area (Å²) in [6, 6.07) is 7.22. The minimum atomic E-state index is -0.346. The number of nitrogens with two attached hydrogens (primary N) is 1. The molecule has 6 nitrogen and oxygen atoms in total. The molecule has 0 heterocycles. The van der Waals surface area contributed by atoms with E-state index in [-0.39, 0.29) is 25.1 Å². The number of hydrogen-bond acceptors (Lipinski definition) is 5. The van der Waals surface area contributed by atoms with Gasteiger partial charge in [-0.15, -0.1) is 0 Å². The van der Waals surface area contributed by atoms with Gasteiger partial charge in [-0.3, -0.25) is 4.79 Å². The zero-order valence-corrected chi connectivity index (χ0v) is 11.7. The first-order valence-corrected chi connectivity index (χ1v) is 6.25. The molecule has 20 heavy (non-hydrogen) atoms. The zero-order chi connectivity index (χ0) is 15.0. The molecule has 1 rings (SSSR count). The third-order valence-corrected chi connectivity index (χ3v) is 2.54. The molecule has 1 atom stereocenters. The zero-order valence-electron chi connectivity index (χ0n) is 11.7. The summed E-state index contributed by atoms with van der Waals surface area (Å²) in [6.45, 7) is 1.71. The fourth-order valence-corrected chi connectivity index (χ4v) is 1.64. The Morgan fingerprint density at radius 2 is 2.30 bits per heavy atom. The van der Waals surface area contributed by atoms with Gasteiger partial charge in [-0.25, -0.2) is 0 Å². The van der Waals surface area contributed by atoms with Gasteiger partial charge in [0.2, 0.25) is 0 Å². The maximum absolute atomic E-state index is 11.4. The molecule has 3 N–H and O–H groups in total. The van der Waals surface area contributed by atoms with Crippen molar-refractivity contribution in [3.8, 4) is 17.6 Å². The average molecular weight is 277 g/mol. The minimum Gasteiger partial charge on any atom is -0.497 e. The van der Waals surface area contributed by atoms with Gasteiger partial charge in [-0.1, -0.05) is 6.07 Å². The van der Waals surface area contributed by atoms with Crippen molar-refractivity contribution >= 4 is 5.91 Å². The second kappa shape index (κ2) is 8.02. The molecular formula is C14H19N3O3. The van der Waals surface area contributed by atoms with Gasteiger partial charge in [-0.2, -0.15) is 5.26 Å². The molecule has 1 amide bonds. The van der Waals surface area contributed by atoms with Gasteiger partial charge in [0, 0.05) is 12.1 Å². The van der Waals surface area contributed by atoms with Crippen LogP contribution in [0.3, 0.4) is 0 Å². The van der Waals surface area contributed by atoms with Crippen molar-refractivity contribution in [2.75, 3.05) is 20.3 Å². The highest BCUT2D eigenvalue weighted by atomic mass is 16.5. The number of rotatable bonds is 7. The van der Waals surface area contributed by atoms with Crippen LogP contribution in [0, 0.1) is 11.3 Å². The van der Waals surface area contributed by atoms with Crippen LogP contribution < -0.4 is 20.5 Å². The molecule has 0 bridgehead atoms. The van der Waals surface area contributed by atoms with E-state index < -0.39 is 0 Å². The summed E-state index contributed by atoms with van der Waals surface area (Å²) in [7, 11) is 1.56. The first-order chi connectivity index (χ1) is 9.56. The third kappa shape index (κ3) is 5.16. The lowest BCUT2D eigenvalue weighted by Gasteiger charge is -2.14. The van der Waals surface area contributed by atoms with Crippen LogP contribution in [0.15, 0.2) is 18.2 Å². The lowest BCUT2D eigenvalue weighted by Crippen LogP contribution is -2.29. The fourth-order valence-electron chi connectivity index (χ4n) is 1.64. The molecule has 0 saturated heterocycles. The summed E-state index contributed by atoms with van der Waals surface area (Å²) in [6.07, 6.45) is 0.638. The molecule has 1 unspecified atom stereocenters. The quantitative estimate of drug-likeness (QED) is 0.711. The molecule has 0 aliphatic heterocycles. The minimum absolute atomic E-state index is 0.0156. The van der Waals surface area contributed by atoms with Gasteiger partial charge in [0.25, 0.3) is 5.91 Å². The van der Waals surface area contributed by atoms with Gasteiger partial charge in [0.15, 0.2) is 6.61 Å². The van der Waals surface area contributed by atoms with E-state index in [1.54, 1.807) is 13.2 Å². The lowest BCUT2D eigenvalue weighted by atomic mass is 10.1. The van der Waals surface area contributed by atoms with Crippen LogP contribution in [-0.2, 0) is 11.2 Å². The summed E-state index contributed by atoms with van der Waals surface area (Å²) >= 11 is 0. The number of hydrogen-bond donors (Lipinski definition) is 2. The maximum Gasteiger partial charge on any atom is 0.258 e. The number of nitriles is 1. The van der Waals surface area contributed by atoms with E-state index in [1.807, 2.05) is 25.1 Å². The van der Waals surface area contributed by atoms with E-state index >= 15 is 0 Å². The number of carbonyl (C=O) groups is 1. The Morgan fingerprint density at radius 3 is 2.90 bits per heavy atom. The monoisotopic (exact) mass is 277 g/mol. The van der Waals surface area contributed by atoms with Crippen LogP contribution in [0.4, 0.5) is 0 Å². The Balaban J connectivity index is 2.74. The average Bonchev–Trinajstić information content (AvgIpc) is 2.43. The number of benzene rings is 1. The van der Waals surface area contributed by atoms with Crippen LogP contribution in [0.2, 0.25) is 0 Å². The van der Waals surface area contributed by atoms with E-state index in [0.717, 1.165) is 5.56 Å². The maximum atomic E-state index is 11.4. The topological polar surface area (TPSA) is 97.4 Å². The molecule has 108 valence electrons. The number of nitrogens with zero attached hydrogens (tertiary/aromatic N) is 1. The Labute approximate surface area is 118 Å². The Kier molecular flexibility index (Phi) is 6.33. The van der Waals surface area contributed by atoms with Crippen molar-refractivity contribution < 1.29 is 14.3 Å². The van der Waals surface area contributed by atoms with Gasteiger partial charge >= 0.3 is 0 Å². The third-order valence-electron chi connectivity index (χ3n) is 2.54. The Bertz CT molecular complexity index is 495. The molecule has 0 spiro atoms. The van der Waals surface area contributed by atoms with E-state index in [1.165, 1.54) is 0 Å². The highest BCUT2D eigenvalue weighted by Gasteiger charge is 2.10. The molecule has 0 aliphatic rings. The summed E-state index contributed by atoms with van der Waals surface area (Å²) < 4.78 is 10.6. The highest BCUT2D eigenvalue weighted by molar-refractivity contribution is 5.77. The summed E-state index contributed by atoms with van der Waals surface area (Å²) in [4.78, 5) is 11.4. The number of ether oxygens (including phenoxy) is 2.